The monoisotopic (exact) mass is 270 g/mol. The van der Waals surface area contributed by atoms with Crippen LogP contribution in [0.3, 0.4) is 0 Å². The third kappa shape index (κ3) is 1.94. The number of aliphatic hydroxyl groups is 1. The second kappa shape index (κ2) is 4.40. The average Bonchev–Trinajstić information content (AvgIpc) is 2.98. The molecular weight excluding hydrogens is 252 g/mol. The van der Waals surface area contributed by atoms with E-state index in [9.17, 15) is 5.11 Å². The summed E-state index contributed by atoms with van der Waals surface area (Å²) in [5.41, 5.74) is 1.22. The molecule has 2 fully saturated rings. The van der Waals surface area contributed by atoms with E-state index < -0.39 is 0 Å². The van der Waals surface area contributed by atoms with Crippen molar-refractivity contribution >= 4 is 0 Å². The Hall–Kier alpha value is -1.72. The van der Waals surface area contributed by atoms with Crippen molar-refractivity contribution < 1.29 is 5.11 Å². The highest BCUT2D eigenvalue weighted by molar-refractivity contribution is 5.30. The van der Waals surface area contributed by atoms with E-state index in [1.807, 2.05) is 35.0 Å². The first-order chi connectivity index (χ1) is 9.77. The Balaban J connectivity index is 1.54. The zero-order valence-electron chi connectivity index (χ0n) is 11.3. The molecule has 1 saturated carbocycles. The van der Waals surface area contributed by atoms with Gasteiger partial charge in [-0.2, -0.15) is 5.10 Å². The topological polar surface area (TPSA) is 54.2 Å². The number of β-amino-alcohol motifs (C(OH)–C–C–N with tert-alkyl or cyclic N) is 1. The van der Waals surface area contributed by atoms with Gasteiger partial charge in [0.05, 0.1) is 18.3 Å². The van der Waals surface area contributed by atoms with Crippen LogP contribution in [0.5, 0.6) is 0 Å². The summed E-state index contributed by atoms with van der Waals surface area (Å²) >= 11 is 0. The standard InChI is InChI=1S/C15H18N4O/c20-13-8-18(10-15(13)6-7-15)9-14-16-11-17-19(14)12-4-2-1-3-5-12/h1-5,11,13,20H,6-10H2. The summed E-state index contributed by atoms with van der Waals surface area (Å²) in [6.07, 6.45) is 3.75. The van der Waals surface area contributed by atoms with Crippen molar-refractivity contribution in [2.75, 3.05) is 13.1 Å². The second-order valence-corrected chi connectivity index (χ2v) is 5.97. The Kier molecular flexibility index (Phi) is 2.65. The first-order valence-electron chi connectivity index (χ1n) is 7.12. The van der Waals surface area contributed by atoms with Crippen LogP contribution < -0.4 is 0 Å². The number of hydrogen-bond acceptors (Lipinski definition) is 4. The number of para-hydroxylation sites is 1. The SMILES string of the molecule is OC1CN(Cc2ncnn2-c2ccccc2)CC12CC2. The zero-order chi connectivity index (χ0) is 13.6. The van der Waals surface area contributed by atoms with Crippen LogP contribution in [0, 0.1) is 5.41 Å². The second-order valence-electron chi connectivity index (χ2n) is 5.97. The predicted molar refractivity (Wildman–Crippen MR) is 74.3 cm³/mol. The molecular formula is C15H18N4O. The molecule has 2 aliphatic rings. The number of hydrogen-bond donors (Lipinski definition) is 1. The van der Waals surface area contributed by atoms with Gasteiger partial charge in [0.2, 0.25) is 0 Å². The highest BCUT2D eigenvalue weighted by atomic mass is 16.3. The Morgan fingerprint density at radius 1 is 1.25 bits per heavy atom. The van der Waals surface area contributed by atoms with E-state index in [0.717, 1.165) is 44.0 Å². The van der Waals surface area contributed by atoms with Gasteiger partial charge in [-0.15, -0.1) is 0 Å². The summed E-state index contributed by atoms with van der Waals surface area (Å²) in [6, 6.07) is 10.0. The third-order valence-electron chi connectivity index (χ3n) is 4.55. The number of likely N-dealkylation sites (tertiary alicyclic amines) is 1. The number of aromatic nitrogens is 3. The van der Waals surface area contributed by atoms with Crippen LogP contribution in [-0.2, 0) is 6.54 Å². The Labute approximate surface area is 117 Å². The van der Waals surface area contributed by atoms with Crippen molar-refractivity contribution in [3.8, 4) is 5.69 Å². The molecule has 2 heterocycles. The number of aliphatic hydroxyl groups excluding tert-OH is 1. The number of benzene rings is 1. The molecule has 5 nitrogen and oxygen atoms in total. The van der Waals surface area contributed by atoms with Gasteiger partial charge in [-0.05, 0) is 25.0 Å². The van der Waals surface area contributed by atoms with Crippen LogP contribution in [0.2, 0.25) is 0 Å². The highest BCUT2D eigenvalue weighted by Gasteiger charge is 2.54. The lowest BCUT2D eigenvalue weighted by molar-refractivity contribution is 0.130. The fourth-order valence-electron chi connectivity index (χ4n) is 3.18. The summed E-state index contributed by atoms with van der Waals surface area (Å²) in [7, 11) is 0. The van der Waals surface area contributed by atoms with E-state index in [4.69, 9.17) is 0 Å². The molecule has 1 spiro atoms. The highest BCUT2D eigenvalue weighted by Crippen LogP contribution is 2.52. The minimum Gasteiger partial charge on any atom is -0.391 e. The van der Waals surface area contributed by atoms with Crippen LogP contribution in [-0.4, -0.2) is 44.0 Å². The summed E-state index contributed by atoms with van der Waals surface area (Å²) in [5, 5.41) is 14.4. The van der Waals surface area contributed by atoms with Crippen LogP contribution in [0.1, 0.15) is 18.7 Å². The van der Waals surface area contributed by atoms with Crippen LogP contribution >= 0.6 is 0 Å². The van der Waals surface area contributed by atoms with Crippen LogP contribution in [0.25, 0.3) is 5.69 Å². The van der Waals surface area contributed by atoms with Crippen molar-refractivity contribution in [2.24, 2.45) is 5.41 Å². The summed E-state index contributed by atoms with van der Waals surface area (Å²) in [6.45, 7) is 2.48. The molecule has 5 heteroatoms. The molecule has 1 N–H and O–H groups in total. The third-order valence-corrected chi connectivity index (χ3v) is 4.55. The smallest absolute Gasteiger partial charge is 0.146 e. The molecule has 104 valence electrons. The molecule has 1 aromatic carbocycles. The molecule has 1 atom stereocenters. The van der Waals surface area contributed by atoms with Gasteiger partial charge < -0.3 is 5.11 Å². The largest absolute Gasteiger partial charge is 0.391 e. The van der Waals surface area contributed by atoms with Crippen molar-refractivity contribution in [2.45, 2.75) is 25.5 Å². The molecule has 1 aromatic heterocycles. The molecule has 1 saturated heterocycles. The fourth-order valence-corrected chi connectivity index (χ4v) is 3.18. The Morgan fingerprint density at radius 2 is 2.05 bits per heavy atom. The van der Waals surface area contributed by atoms with Gasteiger partial charge in [0.15, 0.2) is 0 Å². The lowest BCUT2D eigenvalue weighted by atomic mass is 10.0. The molecule has 20 heavy (non-hydrogen) atoms. The summed E-state index contributed by atoms with van der Waals surface area (Å²) < 4.78 is 1.88. The van der Waals surface area contributed by atoms with E-state index in [1.54, 1.807) is 6.33 Å². The first kappa shape index (κ1) is 12.1. The van der Waals surface area contributed by atoms with Crippen molar-refractivity contribution in [1.29, 1.82) is 0 Å². The van der Waals surface area contributed by atoms with Crippen molar-refractivity contribution in [3.05, 3.63) is 42.5 Å². The molecule has 0 radical (unpaired) electrons. The van der Waals surface area contributed by atoms with Gasteiger partial charge in [-0.3, -0.25) is 4.90 Å². The van der Waals surface area contributed by atoms with Crippen molar-refractivity contribution in [1.82, 2.24) is 19.7 Å². The summed E-state index contributed by atoms with van der Waals surface area (Å²) in [5.74, 6) is 0.932. The van der Waals surface area contributed by atoms with Crippen molar-refractivity contribution in [3.63, 3.8) is 0 Å². The van der Waals surface area contributed by atoms with E-state index in [0.29, 0.717) is 0 Å². The zero-order valence-corrected chi connectivity index (χ0v) is 11.3. The molecule has 0 bridgehead atoms. The van der Waals surface area contributed by atoms with Crippen LogP contribution in [0.4, 0.5) is 0 Å². The minimum absolute atomic E-state index is 0.171. The maximum absolute atomic E-state index is 10.1. The van der Waals surface area contributed by atoms with Gasteiger partial charge in [0.1, 0.15) is 12.2 Å². The normalized spacial score (nSPS) is 24.4. The number of nitrogens with zero attached hydrogens (tertiary/aromatic N) is 4. The van der Waals surface area contributed by atoms with Crippen LogP contribution in [0.15, 0.2) is 36.7 Å². The van der Waals surface area contributed by atoms with Gasteiger partial charge in [0, 0.05) is 18.5 Å². The lowest BCUT2D eigenvalue weighted by Gasteiger charge is -2.15. The predicted octanol–water partition coefficient (Wildman–Crippen LogP) is 1.22. The Morgan fingerprint density at radius 3 is 2.75 bits per heavy atom. The molecule has 0 amide bonds. The number of rotatable bonds is 3. The maximum Gasteiger partial charge on any atom is 0.146 e. The molecule has 1 aliphatic heterocycles. The molecule has 2 aromatic rings. The van der Waals surface area contributed by atoms with E-state index >= 15 is 0 Å². The van der Waals surface area contributed by atoms with E-state index in [-0.39, 0.29) is 11.5 Å². The average molecular weight is 270 g/mol. The van der Waals surface area contributed by atoms with Gasteiger partial charge in [-0.25, -0.2) is 9.67 Å². The summed E-state index contributed by atoms with van der Waals surface area (Å²) in [4.78, 5) is 6.67. The molecule has 1 aliphatic carbocycles. The molecule has 4 rings (SSSR count). The maximum atomic E-state index is 10.1. The first-order valence-corrected chi connectivity index (χ1v) is 7.12. The molecule has 1 unspecified atom stereocenters. The van der Waals surface area contributed by atoms with Gasteiger partial charge in [-0.1, -0.05) is 18.2 Å². The fraction of sp³-hybridized carbons (Fsp3) is 0.467. The van der Waals surface area contributed by atoms with Gasteiger partial charge in [0.25, 0.3) is 0 Å². The Bertz CT molecular complexity index is 605. The van der Waals surface area contributed by atoms with E-state index in [1.165, 1.54) is 0 Å². The van der Waals surface area contributed by atoms with E-state index in [2.05, 4.69) is 15.0 Å². The van der Waals surface area contributed by atoms with Gasteiger partial charge >= 0.3 is 0 Å². The minimum atomic E-state index is -0.171. The lowest BCUT2D eigenvalue weighted by Crippen LogP contribution is -2.23. The quantitative estimate of drug-likeness (QED) is 0.911.